The first-order chi connectivity index (χ1) is 15.1. The van der Waals surface area contributed by atoms with E-state index in [4.69, 9.17) is 9.47 Å². The molecule has 9 heteroatoms. The van der Waals surface area contributed by atoms with Gasteiger partial charge in [-0.25, -0.2) is 9.59 Å². The maximum absolute atomic E-state index is 12.4. The normalized spacial score (nSPS) is 17.8. The number of benzene rings is 2. The highest BCUT2D eigenvalue weighted by Crippen LogP contribution is 2.34. The first-order valence-corrected chi connectivity index (χ1v) is 10.5. The summed E-state index contributed by atoms with van der Waals surface area (Å²) >= 11 is 1.37. The Hall–Kier alpha value is -3.43. The zero-order valence-corrected chi connectivity index (χ0v) is 17.2. The van der Waals surface area contributed by atoms with Crippen molar-refractivity contribution in [3.05, 3.63) is 94.5 Å². The Morgan fingerprint density at radius 1 is 1.06 bits per heavy atom. The molecule has 0 spiro atoms. The maximum Gasteiger partial charge on any atom is 0.350 e. The quantitative estimate of drug-likeness (QED) is 0.592. The predicted octanol–water partition coefficient (Wildman–Crippen LogP) is 2.94. The monoisotopic (exact) mass is 437 g/mol. The van der Waals surface area contributed by atoms with E-state index < -0.39 is 11.7 Å². The zero-order valence-electron chi connectivity index (χ0n) is 16.3. The topological polar surface area (TPSA) is 99.5 Å². The summed E-state index contributed by atoms with van der Waals surface area (Å²) in [5.74, 6) is -0.595. The second kappa shape index (κ2) is 9.59. The van der Waals surface area contributed by atoms with Gasteiger partial charge in [0, 0.05) is 11.8 Å². The fourth-order valence-electron chi connectivity index (χ4n) is 2.96. The number of hydrogen-bond acceptors (Lipinski definition) is 7. The summed E-state index contributed by atoms with van der Waals surface area (Å²) in [6, 6.07) is 18.9. The van der Waals surface area contributed by atoms with Crippen LogP contribution < -0.4 is 11.0 Å². The first-order valence-electron chi connectivity index (χ1n) is 9.55. The minimum absolute atomic E-state index is 0.0717. The number of hydrogen-bond donors (Lipinski definition) is 1. The third-order valence-corrected chi connectivity index (χ3v) is 5.76. The molecule has 1 amide bonds. The fraction of sp³-hybridized carbons (Fsp3) is 0.182. The van der Waals surface area contributed by atoms with Crippen LogP contribution in [-0.4, -0.2) is 40.1 Å². The van der Waals surface area contributed by atoms with Crippen molar-refractivity contribution in [1.29, 1.82) is 0 Å². The minimum Gasteiger partial charge on any atom is -0.458 e. The molecule has 31 heavy (non-hydrogen) atoms. The van der Waals surface area contributed by atoms with Gasteiger partial charge in [0.05, 0.1) is 12.2 Å². The summed E-state index contributed by atoms with van der Waals surface area (Å²) in [5, 5.41) is 2.31. The molecule has 1 aromatic heterocycles. The lowest BCUT2D eigenvalue weighted by atomic mass is 10.2. The standard InChI is InChI=1S/C22H19N3O5S/c26-20(15-7-3-1-4-8-15)23-17-11-12-25(22(28)24-17)18-13-29-19(31-18)14-30-21(27)16-9-5-2-6-10-16/h1-12,18-19H,13-14H2,(H,23,24,26,28)/t18?,19-/m0/s1. The largest absolute Gasteiger partial charge is 0.458 e. The molecule has 158 valence electrons. The number of carbonyl (C=O) groups is 2. The third kappa shape index (κ3) is 5.19. The molecule has 0 bridgehead atoms. The minimum atomic E-state index is -0.506. The molecule has 0 saturated carbocycles. The van der Waals surface area contributed by atoms with Crippen molar-refractivity contribution in [3.63, 3.8) is 0 Å². The molecule has 3 aromatic rings. The van der Waals surface area contributed by atoms with Gasteiger partial charge in [-0.05, 0) is 30.3 Å². The van der Waals surface area contributed by atoms with Gasteiger partial charge < -0.3 is 14.8 Å². The van der Waals surface area contributed by atoms with Crippen molar-refractivity contribution in [1.82, 2.24) is 9.55 Å². The Morgan fingerprint density at radius 3 is 2.42 bits per heavy atom. The predicted molar refractivity (Wildman–Crippen MR) is 116 cm³/mol. The van der Waals surface area contributed by atoms with Gasteiger partial charge in [0.25, 0.3) is 5.91 Å². The van der Waals surface area contributed by atoms with Crippen molar-refractivity contribution >= 4 is 29.5 Å². The lowest BCUT2D eigenvalue weighted by Crippen LogP contribution is -2.27. The lowest BCUT2D eigenvalue weighted by Gasteiger charge is -2.13. The van der Waals surface area contributed by atoms with Crippen LogP contribution in [-0.2, 0) is 9.47 Å². The number of anilines is 1. The van der Waals surface area contributed by atoms with Crippen LogP contribution in [0.5, 0.6) is 0 Å². The van der Waals surface area contributed by atoms with Gasteiger partial charge >= 0.3 is 11.7 Å². The van der Waals surface area contributed by atoms with Crippen LogP contribution in [0.1, 0.15) is 26.1 Å². The average Bonchev–Trinajstić information content (AvgIpc) is 3.27. The second-order valence-electron chi connectivity index (χ2n) is 6.64. The van der Waals surface area contributed by atoms with Gasteiger partial charge in [-0.15, -0.1) is 0 Å². The number of nitrogens with one attached hydrogen (secondary N) is 1. The molecule has 1 aliphatic rings. The van der Waals surface area contributed by atoms with Gasteiger partial charge in [0.15, 0.2) is 0 Å². The van der Waals surface area contributed by atoms with Crippen LogP contribution in [0.2, 0.25) is 0 Å². The molecule has 1 aliphatic heterocycles. The number of nitrogens with zero attached hydrogens (tertiary/aromatic N) is 2. The SMILES string of the molecule is O=C(Nc1ccn(C2CO[C@H](COC(=O)c3ccccc3)S2)c(=O)n1)c1ccccc1. The molecule has 4 rings (SSSR count). The van der Waals surface area contributed by atoms with E-state index in [1.54, 1.807) is 60.8 Å². The number of rotatable bonds is 6. The van der Waals surface area contributed by atoms with Crippen molar-refractivity contribution < 1.29 is 19.1 Å². The second-order valence-corrected chi connectivity index (χ2v) is 7.98. The van der Waals surface area contributed by atoms with Gasteiger partial charge in [-0.2, -0.15) is 4.98 Å². The fourth-order valence-corrected chi connectivity index (χ4v) is 4.06. The molecular formula is C22H19N3O5S. The number of thioether (sulfide) groups is 1. The van der Waals surface area contributed by atoms with Crippen molar-refractivity contribution in [2.75, 3.05) is 18.5 Å². The molecule has 1 N–H and O–H groups in total. The Labute approximate surface area is 182 Å². The average molecular weight is 437 g/mol. The summed E-state index contributed by atoms with van der Waals surface area (Å²) in [6.45, 7) is 0.345. The molecule has 2 atom stereocenters. The van der Waals surface area contributed by atoms with E-state index in [2.05, 4.69) is 10.3 Å². The van der Waals surface area contributed by atoms with E-state index in [0.717, 1.165) is 0 Å². The molecule has 1 fully saturated rings. The summed E-state index contributed by atoms with van der Waals surface area (Å²) in [7, 11) is 0. The van der Waals surface area contributed by atoms with Crippen LogP contribution >= 0.6 is 11.8 Å². The molecule has 8 nitrogen and oxygen atoms in total. The lowest BCUT2D eigenvalue weighted by molar-refractivity contribution is 0.0273. The highest BCUT2D eigenvalue weighted by Gasteiger charge is 2.29. The van der Waals surface area contributed by atoms with E-state index in [1.165, 1.54) is 16.3 Å². The van der Waals surface area contributed by atoms with Crippen LogP contribution in [0.4, 0.5) is 5.82 Å². The number of amides is 1. The first kappa shape index (κ1) is 20.8. The Balaban J connectivity index is 1.33. The zero-order chi connectivity index (χ0) is 21.6. The molecule has 1 unspecified atom stereocenters. The summed E-state index contributed by atoms with van der Waals surface area (Å²) in [6.07, 6.45) is 1.56. The molecule has 2 heterocycles. The van der Waals surface area contributed by atoms with E-state index in [-0.39, 0.29) is 35.7 Å². The van der Waals surface area contributed by atoms with Gasteiger partial charge in [0.1, 0.15) is 23.2 Å². The summed E-state index contributed by atoms with van der Waals surface area (Å²) in [5.41, 5.74) is 0.0487. The Bertz CT molecular complexity index is 1120. The Kier molecular flexibility index (Phi) is 6.44. The summed E-state index contributed by atoms with van der Waals surface area (Å²) < 4.78 is 12.4. The van der Waals surface area contributed by atoms with Crippen molar-refractivity contribution in [3.8, 4) is 0 Å². The number of esters is 1. The van der Waals surface area contributed by atoms with Crippen LogP contribution in [0, 0.1) is 0 Å². The van der Waals surface area contributed by atoms with Crippen molar-refractivity contribution in [2.45, 2.75) is 10.8 Å². The molecule has 2 aromatic carbocycles. The van der Waals surface area contributed by atoms with Crippen LogP contribution in [0.3, 0.4) is 0 Å². The molecular weight excluding hydrogens is 418 g/mol. The summed E-state index contributed by atoms with van der Waals surface area (Å²) in [4.78, 5) is 40.7. The van der Waals surface area contributed by atoms with E-state index in [0.29, 0.717) is 11.1 Å². The number of aromatic nitrogens is 2. The Morgan fingerprint density at radius 2 is 1.74 bits per heavy atom. The molecule has 1 saturated heterocycles. The molecule has 0 radical (unpaired) electrons. The highest BCUT2D eigenvalue weighted by atomic mass is 32.2. The maximum atomic E-state index is 12.4. The van der Waals surface area contributed by atoms with Crippen molar-refractivity contribution in [2.24, 2.45) is 0 Å². The van der Waals surface area contributed by atoms with E-state index in [9.17, 15) is 14.4 Å². The van der Waals surface area contributed by atoms with Crippen LogP contribution in [0.25, 0.3) is 0 Å². The van der Waals surface area contributed by atoms with Gasteiger partial charge in [-0.3, -0.25) is 9.36 Å². The third-order valence-electron chi connectivity index (χ3n) is 4.51. The van der Waals surface area contributed by atoms with Gasteiger partial charge in [-0.1, -0.05) is 48.2 Å². The highest BCUT2D eigenvalue weighted by molar-refractivity contribution is 8.00. The van der Waals surface area contributed by atoms with E-state index >= 15 is 0 Å². The smallest absolute Gasteiger partial charge is 0.350 e. The molecule has 0 aliphatic carbocycles. The van der Waals surface area contributed by atoms with E-state index in [1.807, 2.05) is 12.1 Å². The number of ether oxygens (including phenoxy) is 2. The van der Waals surface area contributed by atoms with Gasteiger partial charge in [0.2, 0.25) is 0 Å². The number of carbonyl (C=O) groups excluding carboxylic acids is 2. The van der Waals surface area contributed by atoms with Crippen LogP contribution in [0.15, 0.2) is 77.7 Å².